The van der Waals surface area contributed by atoms with Crippen molar-refractivity contribution in [3.63, 3.8) is 0 Å². The molecule has 3 aromatic heterocycles. The SMILES string of the molecule is O=C(c1cncc2cnccc12)N1CCC(N2CCC(C(=O)N3CCN(Cc4cccnc4)CC3)CC2)CC1. The Kier molecular flexibility index (Phi) is 7.78. The fourth-order valence-electron chi connectivity index (χ4n) is 6.44. The lowest BCUT2D eigenvalue weighted by Gasteiger charge is -2.43. The molecule has 6 rings (SSSR count). The second kappa shape index (κ2) is 11.8. The molecule has 3 aromatic rings. The van der Waals surface area contributed by atoms with E-state index in [0.29, 0.717) is 17.5 Å². The number of hydrogen-bond donors (Lipinski definition) is 0. The van der Waals surface area contributed by atoms with E-state index in [0.717, 1.165) is 95.4 Å². The summed E-state index contributed by atoms with van der Waals surface area (Å²) in [4.78, 5) is 48.2. The topological polar surface area (TPSA) is 85.8 Å². The van der Waals surface area contributed by atoms with Crippen molar-refractivity contribution in [1.82, 2.24) is 34.6 Å². The van der Waals surface area contributed by atoms with E-state index in [2.05, 4.69) is 35.7 Å². The van der Waals surface area contributed by atoms with Gasteiger partial charge in [-0.2, -0.15) is 0 Å². The molecule has 0 saturated carbocycles. The summed E-state index contributed by atoms with van der Waals surface area (Å²) in [7, 11) is 0. The molecular formula is C30H37N7O2. The molecule has 0 bridgehead atoms. The van der Waals surface area contributed by atoms with Gasteiger partial charge in [0.1, 0.15) is 0 Å². The zero-order valence-corrected chi connectivity index (χ0v) is 22.5. The average Bonchev–Trinajstić information content (AvgIpc) is 3.01. The van der Waals surface area contributed by atoms with Gasteiger partial charge in [-0.05, 0) is 56.5 Å². The lowest BCUT2D eigenvalue weighted by Crippen LogP contribution is -2.53. The molecule has 39 heavy (non-hydrogen) atoms. The molecule has 3 saturated heterocycles. The molecule has 0 spiro atoms. The number of piperazine rings is 1. The van der Waals surface area contributed by atoms with Gasteiger partial charge in [-0.15, -0.1) is 0 Å². The van der Waals surface area contributed by atoms with E-state index < -0.39 is 0 Å². The summed E-state index contributed by atoms with van der Waals surface area (Å²) in [6.45, 7) is 7.82. The Morgan fingerprint density at radius 2 is 1.49 bits per heavy atom. The van der Waals surface area contributed by atoms with Crippen LogP contribution in [0.25, 0.3) is 10.8 Å². The minimum absolute atomic E-state index is 0.0580. The van der Waals surface area contributed by atoms with E-state index in [-0.39, 0.29) is 11.8 Å². The Balaban J connectivity index is 0.950. The second-order valence-corrected chi connectivity index (χ2v) is 11.1. The van der Waals surface area contributed by atoms with Crippen LogP contribution in [0.3, 0.4) is 0 Å². The van der Waals surface area contributed by atoms with E-state index in [4.69, 9.17) is 0 Å². The fourth-order valence-corrected chi connectivity index (χ4v) is 6.44. The molecule has 3 fully saturated rings. The highest BCUT2D eigenvalue weighted by molar-refractivity contribution is 6.06. The Bertz CT molecular complexity index is 1270. The largest absolute Gasteiger partial charge is 0.340 e. The van der Waals surface area contributed by atoms with Crippen LogP contribution in [0.1, 0.15) is 41.6 Å². The Labute approximate surface area is 229 Å². The first-order chi connectivity index (χ1) is 19.2. The van der Waals surface area contributed by atoms with Gasteiger partial charge in [0.2, 0.25) is 5.91 Å². The summed E-state index contributed by atoms with van der Waals surface area (Å²) in [5.74, 6) is 0.540. The molecule has 2 amide bonds. The fraction of sp³-hybridized carbons (Fsp3) is 0.500. The Hall–Kier alpha value is -3.43. The first-order valence-electron chi connectivity index (χ1n) is 14.3. The molecule has 0 unspecified atom stereocenters. The third-order valence-corrected chi connectivity index (χ3v) is 8.75. The molecule has 9 nitrogen and oxygen atoms in total. The van der Waals surface area contributed by atoms with Crippen LogP contribution < -0.4 is 0 Å². The van der Waals surface area contributed by atoms with Crippen molar-refractivity contribution in [2.24, 2.45) is 5.92 Å². The third kappa shape index (κ3) is 5.79. The van der Waals surface area contributed by atoms with Crippen molar-refractivity contribution in [2.75, 3.05) is 52.4 Å². The first kappa shape index (κ1) is 25.8. The van der Waals surface area contributed by atoms with Crippen LogP contribution in [-0.4, -0.2) is 105 Å². The summed E-state index contributed by atoms with van der Waals surface area (Å²) in [5, 5.41) is 1.80. The number of carbonyl (C=O) groups excluding carboxylic acids is 2. The molecule has 0 radical (unpaired) electrons. The van der Waals surface area contributed by atoms with Gasteiger partial charge in [-0.3, -0.25) is 29.4 Å². The van der Waals surface area contributed by atoms with E-state index in [1.54, 1.807) is 31.0 Å². The first-order valence-corrected chi connectivity index (χ1v) is 14.3. The lowest BCUT2D eigenvalue weighted by atomic mass is 9.92. The van der Waals surface area contributed by atoms with Crippen LogP contribution >= 0.6 is 0 Å². The van der Waals surface area contributed by atoms with Gasteiger partial charge in [-0.1, -0.05) is 6.07 Å². The monoisotopic (exact) mass is 527 g/mol. The van der Waals surface area contributed by atoms with Crippen molar-refractivity contribution in [3.05, 3.63) is 66.5 Å². The van der Waals surface area contributed by atoms with Gasteiger partial charge in [-0.25, -0.2) is 0 Å². The standard InChI is InChI=1S/C30H37N7O2/c38-29(37-16-14-34(15-17-37)22-23-2-1-8-31-18-23)24-4-10-35(11-5-24)26-6-12-36(13-7-26)30(39)28-21-33-20-25-19-32-9-3-27(25)28/h1-3,8-9,18-21,24,26H,4-7,10-17,22H2. The van der Waals surface area contributed by atoms with Gasteiger partial charge >= 0.3 is 0 Å². The number of nitrogens with zero attached hydrogens (tertiary/aromatic N) is 7. The number of pyridine rings is 3. The Morgan fingerprint density at radius 3 is 2.23 bits per heavy atom. The van der Waals surface area contributed by atoms with Crippen molar-refractivity contribution < 1.29 is 9.59 Å². The highest BCUT2D eigenvalue weighted by Crippen LogP contribution is 2.27. The van der Waals surface area contributed by atoms with Crippen LogP contribution in [0.15, 0.2) is 55.4 Å². The predicted octanol–water partition coefficient (Wildman–Crippen LogP) is 2.69. The van der Waals surface area contributed by atoms with Crippen molar-refractivity contribution in [1.29, 1.82) is 0 Å². The molecular weight excluding hydrogens is 490 g/mol. The smallest absolute Gasteiger partial charge is 0.256 e. The van der Waals surface area contributed by atoms with E-state index in [1.807, 2.05) is 23.2 Å². The van der Waals surface area contributed by atoms with Gasteiger partial charge in [0.25, 0.3) is 5.91 Å². The minimum Gasteiger partial charge on any atom is -0.340 e. The number of fused-ring (bicyclic) bond motifs is 1. The maximum atomic E-state index is 13.3. The van der Waals surface area contributed by atoms with E-state index >= 15 is 0 Å². The molecule has 0 aromatic carbocycles. The summed E-state index contributed by atoms with van der Waals surface area (Å²) in [6, 6.07) is 6.47. The molecule has 0 aliphatic carbocycles. The quantitative estimate of drug-likeness (QED) is 0.504. The maximum absolute atomic E-state index is 13.3. The number of likely N-dealkylation sites (tertiary alicyclic amines) is 2. The van der Waals surface area contributed by atoms with Crippen LogP contribution in [0.2, 0.25) is 0 Å². The summed E-state index contributed by atoms with van der Waals surface area (Å²) < 4.78 is 0. The molecule has 6 heterocycles. The molecule has 0 N–H and O–H groups in total. The summed E-state index contributed by atoms with van der Waals surface area (Å²) >= 11 is 0. The van der Waals surface area contributed by atoms with Crippen LogP contribution in [-0.2, 0) is 11.3 Å². The molecule has 0 atom stereocenters. The van der Waals surface area contributed by atoms with Crippen molar-refractivity contribution in [2.45, 2.75) is 38.3 Å². The number of aromatic nitrogens is 3. The van der Waals surface area contributed by atoms with Gasteiger partial charge in [0.15, 0.2) is 0 Å². The number of carbonyl (C=O) groups is 2. The maximum Gasteiger partial charge on any atom is 0.256 e. The number of hydrogen-bond acceptors (Lipinski definition) is 7. The zero-order chi connectivity index (χ0) is 26.6. The van der Waals surface area contributed by atoms with E-state index in [1.165, 1.54) is 5.56 Å². The highest BCUT2D eigenvalue weighted by Gasteiger charge is 2.34. The van der Waals surface area contributed by atoms with Gasteiger partial charge in [0.05, 0.1) is 5.56 Å². The summed E-state index contributed by atoms with van der Waals surface area (Å²) in [5.41, 5.74) is 1.88. The minimum atomic E-state index is 0.0580. The molecule has 3 aliphatic rings. The predicted molar refractivity (Wildman–Crippen MR) is 149 cm³/mol. The zero-order valence-electron chi connectivity index (χ0n) is 22.5. The van der Waals surface area contributed by atoms with Crippen LogP contribution in [0.4, 0.5) is 0 Å². The van der Waals surface area contributed by atoms with Crippen molar-refractivity contribution in [3.8, 4) is 0 Å². The highest BCUT2D eigenvalue weighted by atomic mass is 16.2. The number of piperidine rings is 2. The van der Waals surface area contributed by atoms with Crippen LogP contribution in [0.5, 0.6) is 0 Å². The van der Waals surface area contributed by atoms with E-state index in [9.17, 15) is 9.59 Å². The molecule has 204 valence electrons. The lowest BCUT2D eigenvalue weighted by molar-refractivity contribution is -0.139. The Morgan fingerprint density at radius 1 is 0.744 bits per heavy atom. The third-order valence-electron chi connectivity index (χ3n) is 8.75. The summed E-state index contributed by atoms with van der Waals surface area (Å²) in [6.07, 6.45) is 14.5. The van der Waals surface area contributed by atoms with Gasteiger partial charge < -0.3 is 14.7 Å². The van der Waals surface area contributed by atoms with Crippen molar-refractivity contribution >= 4 is 22.6 Å². The average molecular weight is 528 g/mol. The molecule has 3 aliphatic heterocycles. The normalized spacial score (nSPS) is 20.4. The number of amides is 2. The molecule has 9 heteroatoms. The second-order valence-electron chi connectivity index (χ2n) is 11.1. The van der Waals surface area contributed by atoms with Gasteiger partial charge in [0, 0.05) is 106 Å². The number of rotatable bonds is 5. The van der Waals surface area contributed by atoms with Crippen LogP contribution in [0, 0.1) is 5.92 Å².